The Labute approximate surface area is 353 Å². The number of fused-ring (bicyclic) bond motifs is 6. The highest BCUT2D eigenvalue weighted by Crippen LogP contribution is 2.58. The van der Waals surface area contributed by atoms with Crippen LogP contribution in [0.4, 0.5) is 17.1 Å². The Morgan fingerprint density at radius 2 is 0.783 bits per heavy atom. The number of rotatable bonds is 7. The Hall–Kier alpha value is -7.22. The highest BCUT2D eigenvalue weighted by atomic mass is 15.1. The average molecular weight is 768 g/mol. The van der Waals surface area contributed by atoms with E-state index in [0.717, 1.165) is 11.4 Å². The molecule has 0 amide bonds. The third-order valence-electron chi connectivity index (χ3n) is 13.2. The fourth-order valence-electron chi connectivity index (χ4n) is 10.5. The summed E-state index contributed by atoms with van der Waals surface area (Å²) >= 11 is 0. The normalized spacial score (nSPS) is 13.8. The molecule has 0 unspecified atom stereocenters. The van der Waals surface area contributed by atoms with Gasteiger partial charge in [0, 0.05) is 22.4 Å². The first kappa shape index (κ1) is 35.9. The van der Waals surface area contributed by atoms with Gasteiger partial charge in [-0.25, -0.2) is 0 Å². The van der Waals surface area contributed by atoms with E-state index in [1.165, 1.54) is 89.1 Å². The summed E-state index contributed by atoms with van der Waals surface area (Å²) in [6, 6.07) is 81.1. The zero-order valence-corrected chi connectivity index (χ0v) is 34.2. The minimum Gasteiger partial charge on any atom is -0.310 e. The van der Waals surface area contributed by atoms with E-state index in [2.05, 4.69) is 244 Å². The maximum Gasteiger partial charge on any atom is 0.0714 e. The van der Waals surface area contributed by atoms with Crippen LogP contribution in [0.2, 0.25) is 0 Å². The maximum atomic E-state index is 2.55. The summed E-state index contributed by atoms with van der Waals surface area (Å²) in [4.78, 5) is 2.55. The number of aryl methyl sites for hydroxylation is 1. The van der Waals surface area contributed by atoms with Crippen LogP contribution in [0.5, 0.6) is 0 Å². The van der Waals surface area contributed by atoms with E-state index in [0.29, 0.717) is 0 Å². The predicted octanol–water partition coefficient (Wildman–Crippen LogP) is 15.5. The molecule has 2 aliphatic rings. The van der Waals surface area contributed by atoms with Crippen LogP contribution in [0, 0.1) is 6.92 Å². The fraction of sp³-hybridized carbons (Fsp3) is 0.0847. The van der Waals surface area contributed by atoms with Gasteiger partial charge in [0.1, 0.15) is 0 Å². The van der Waals surface area contributed by atoms with E-state index in [4.69, 9.17) is 0 Å². The van der Waals surface area contributed by atoms with Gasteiger partial charge in [-0.3, -0.25) is 0 Å². The molecular weight excluding hydrogens is 723 g/mol. The SMILES string of the molecule is Cc1cc(-c2ccccc2)cc(-c2ccccc2)c1N(c1ccc2c(c1)C(C)(C)c1ccccc1-2)c1ccc2c(c1)C(c1ccccc1)(c1ccccc1)c1ccccc1-2. The van der Waals surface area contributed by atoms with Gasteiger partial charge < -0.3 is 4.90 Å². The standard InChI is InChI=1S/C59H45N/c1-40-36-43(41-20-8-4-9-21-41)37-52(42-22-10-5-11-23-42)57(40)60(46-32-34-50-48-28-16-18-30-53(48)58(2,3)55(50)38-46)47-33-35-51-49-29-17-19-31-54(49)59(56(51)39-47,44-24-12-6-13-25-44)45-26-14-7-15-27-45/h4-39H,1-3H3. The van der Waals surface area contributed by atoms with Crippen molar-refractivity contribution in [3.05, 3.63) is 257 Å². The number of benzene rings is 9. The zero-order chi connectivity index (χ0) is 40.4. The summed E-state index contributed by atoms with van der Waals surface area (Å²) in [6.07, 6.45) is 0. The van der Waals surface area contributed by atoms with E-state index < -0.39 is 5.41 Å². The van der Waals surface area contributed by atoms with Crippen LogP contribution in [0.15, 0.2) is 218 Å². The lowest BCUT2D eigenvalue weighted by Gasteiger charge is -2.35. The highest BCUT2D eigenvalue weighted by Gasteiger charge is 2.46. The minimum absolute atomic E-state index is 0.155. The smallest absolute Gasteiger partial charge is 0.0714 e. The average Bonchev–Trinajstić information content (AvgIpc) is 3.73. The summed E-state index contributed by atoms with van der Waals surface area (Å²) < 4.78 is 0. The molecule has 0 fully saturated rings. The molecule has 11 rings (SSSR count). The van der Waals surface area contributed by atoms with Crippen molar-refractivity contribution in [2.45, 2.75) is 31.6 Å². The number of hydrogen-bond acceptors (Lipinski definition) is 1. The van der Waals surface area contributed by atoms with Gasteiger partial charge in [-0.15, -0.1) is 0 Å². The molecule has 286 valence electrons. The molecule has 1 heteroatoms. The lowest BCUT2D eigenvalue weighted by atomic mass is 9.67. The zero-order valence-electron chi connectivity index (χ0n) is 34.2. The molecule has 0 aliphatic heterocycles. The second-order valence-electron chi connectivity index (χ2n) is 16.9. The van der Waals surface area contributed by atoms with Gasteiger partial charge in [-0.05, 0) is 121 Å². The summed E-state index contributed by atoms with van der Waals surface area (Å²) in [7, 11) is 0. The van der Waals surface area contributed by atoms with Crippen molar-refractivity contribution < 1.29 is 0 Å². The number of nitrogens with zero attached hydrogens (tertiary/aromatic N) is 1. The maximum absolute atomic E-state index is 2.55. The van der Waals surface area contributed by atoms with Crippen molar-refractivity contribution in [3.63, 3.8) is 0 Å². The van der Waals surface area contributed by atoms with Crippen molar-refractivity contribution in [3.8, 4) is 44.5 Å². The van der Waals surface area contributed by atoms with Crippen molar-refractivity contribution in [1.29, 1.82) is 0 Å². The summed E-state index contributed by atoms with van der Waals surface area (Å²) in [5.41, 5.74) is 21.8. The molecule has 0 radical (unpaired) electrons. The van der Waals surface area contributed by atoms with Gasteiger partial charge in [-0.2, -0.15) is 0 Å². The first-order valence-corrected chi connectivity index (χ1v) is 21.1. The fourth-order valence-corrected chi connectivity index (χ4v) is 10.5. The molecule has 0 spiro atoms. The Bertz CT molecular complexity index is 3010. The van der Waals surface area contributed by atoms with E-state index in [-0.39, 0.29) is 5.41 Å². The first-order valence-electron chi connectivity index (χ1n) is 21.1. The Balaban J connectivity index is 1.22. The molecule has 0 N–H and O–H groups in total. The highest BCUT2D eigenvalue weighted by molar-refractivity contribution is 5.96. The topological polar surface area (TPSA) is 3.24 Å². The molecule has 9 aromatic carbocycles. The van der Waals surface area contributed by atoms with Crippen LogP contribution in [-0.2, 0) is 10.8 Å². The lowest BCUT2D eigenvalue weighted by molar-refractivity contribution is 0.660. The Kier molecular flexibility index (Phi) is 8.36. The molecule has 1 nitrogen and oxygen atoms in total. The molecule has 0 heterocycles. The largest absolute Gasteiger partial charge is 0.310 e. The molecule has 2 aliphatic carbocycles. The van der Waals surface area contributed by atoms with Crippen LogP contribution < -0.4 is 4.90 Å². The second kappa shape index (κ2) is 14.0. The predicted molar refractivity (Wildman–Crippen MR) is 252 cm³/mol. The van der Waals surface area contributed by atoms with E-state index in [1.807, 2.05) is 0 Å². The third kappa shape index (κ3) is 5.39. The van der Waals surface area contributed by atoms with Gasteiger partial charge in [0.2, 0.25) is 0 Å². The molecule has 60 heavy (non-hydrogen) atoms. The molecule has 0 aromatic heterocycles. The molecule has 0 saturated carbocycles. The van der Waals surface area contributed by atoms with Crippen LogP contribution in [0.1, 0.15) is 52.8 Å². The van der Waals surface area contributed by atoms with Gasteiger partial charge in [0.15, 0.2) is 0 Å². The number of anilines is 3. The molecule has 0 bridgehead atoms. The first-order chi connectivity index (χ1) is 29.4. The van der Waals surface area contributed by atoms with Crippen molar-refractivity contribution >= 4 is 17.1 Å². The van der Waals surface area contributed by atoms with Gasteiger partial charge in [0.25, 0.3) is 0 Å². The molecule has 0 saturated heterocycles. The van der Waals surface area contributed by atoms with Crippen molar-refractivity contribution in [2.24, 2.45) is 0 Å². The second-order valence-corrected chi connectivity index (χ2v) is 16.9. The Morgan fingerprint density at radius 1 is 0.333 bits per heavy atom. The molecular formula is C59H45N. The van der Waals surface area contributed by atoms with Crippen molar-refractivity contribution in [2.75, 3.05) is 4.90 Å². The van der Waals surface area contributed by atoms with Gasteiger partial charge in [0.05, 0.1) is 11.1 Å². The Morgan fingerprint density at radius 3 is 1.38 bits per heavy atom. The lowest BCUT2D eigenvalue weighted by Crippen LogP contribution is -2.28. The van der Waals surface area contributed by atoms with Crippen LogP contribution in [0.3, 0.4) is 0 Å². The summed E-state index contributed by atoms with van der Waals surface area (Å²) in [5.74, 6) is 0. The van der Waals surface area contributed by atoms with Crippen LogP contribution >= 0.6 is 0 Å². The molecule has 0 atom stereocenters. The summed E-state index contributed by atoms with van der Waals surface area (Å²) in [5, 5.41) is 0. The van der Waals surface area contributed by atoms with Crippen LogP contribution in [-0.4, -0.2) is 0 Å². The van der Waals surface area contributed by atoms with E-state index in [1.54, 1.807) is 0 Å². The van der Waals surface area contributed by atoms with Gasteiger partial charge in [-0.1, -0.05) is 196 Å². The third-order valence-corrected chi connectivity index (χ3v) is 13.2. The molecule has 9 aromatic rings. The van der Waals surface area contributed by atoms with Crippen molar-refractivity contribution in [1.82, 2.24) is 0 Å². The quantitative estimate of drug-likeness (QED) is 0.156. The van der Waals surface area contributed by atoms with E-state index in [9.17, 15) is 0 Å². The van der Waals surface area contributed by atoms with Gasteiger partial charge >= 0.3 is 0 Å². The monoisotopic (exact) mass is 767 g/mol. The van der Waals surface area contributed by atoms with Crippen LogP contribution in [0.25, 0.3) is 44.5 Å². The van der Waals surface area contributed by atoms with E-state index >= 15 is 0 Å². The summed E-state index contributed by atoms with van der Waals surface area (Å²) in [6.45, 7) is 7.04. The minimum atomic E-state index is -0.522. The number of hydrogen-bond donors (Lipinski definition) is 0.